The molecule has 2 heterocycles. The second-order valence-corrected chi connectivity index (χ2v) is 5.06. The highest BCUT2D eigenvalue weighted by Gasteiger charge is 2.11. The lowest BCUT2D eigenvalue weighted by molar-refractivity contribution is -0.121. The van der Waals surface area contributed by atoms with Crippen molar-refractivity contribution in [2.24, 2.45) is 0 Å². The molecule has 3 aromatic rings. The molecule has 0 aliphatic heterocycles. The van der Waals surface area contributed by atoms with Gasteiger partial charge in [0.05, 0.1) is 0 Å². The number of hydrogen-bond acceptors (Lipinski definition) is 4. The van der Waals surface area contributed by atoms with Crippen LogP contribution in [0.3, 0.4) is 0 Å². The van der Waals surface area contributed by atoms with E-state index in [1.165, 1.54) is 24.3 Å². The zero-order valence-corrected chi connectivity index (χ0v) is 12.6. The first-order valence-electron chi connectivity index (χ1n) is 7.27. The third-order valence-electron chi connectivity index (χ3n) is 3.27. The second kappa shape index (κ2) is 6.86. The maximum absolute atomic E-state index is 12.8. The summed E-state index contributed by atoms with van der Waals surface area (Å²) < 4.78 is 14.4. The lowest BCUT2D eigenvalue weighted by Gasteiger charge is -2.05. The van der Waals surface area contributed by atoms with Crippen molar-refractivity contribution in [2.75, 3.05) is 10.6 Å². The molecule has 0 saturated heterocycles. The van der Waals surface area contributed by atoms with Crippen LogP contribution >= 0.6 is 0 Å². The summed E-state index contributed by atoms with van der Waals surface area (Å²) in [5.74, 6) is -0.757. The number of nitrogens with one attached hydrogen (secondary N) is 2. The summed E-state index contributed by atoms with van der Waals surface area (Å²) in [7, 11) is 0. The number of hydrogen-bond donors (Lipinski definition) is 2. The number of aromatic nitrogens is 3. The smallest absolute Gasteiger partial charge is 0.235 e. The van der Waals surface area contributed by atoms with E-state index in [-0.39, 0.29) is 30.5 Å². The van der Waals surface area contributed by atoms with Gasteiger partial charge in [0.15, 0.2) is 5.65 Å². The largest absolute Gasteiger partial charge is 0.326 e. The standard InChI is InChI=1S/C16H14FN5O2/c17-11-4-6-12(7-5-11)18-14(23)8-9-15(24)19-16-21-20-13-3-1-2-10-22(13)16/h1-7,10H,8-9H2,(H,18,23)(H,19,21,24). The van der Waals surface area contributed by atoms with Crippen molar-refractivity contribution in [1.82, 2.24) is 14.6 Å². The van der Waals surface area contributed by atoms with Crippen LogP contribution in [0.15, 0.2) is 48.7 Å². The maximum Gasteiger partial charge on any atom is 0.235 e. The molecular weight excluding hydrogens is 313 g/mol. The Labute approximate surface area is 136 Å². The number of pyridine rings is 1. The van der Waals surface area contributed by atoms with Gasteiger partial charge in [-0.15, -0.1) is 10.2 Å². The van der Waals surface area contributed by atoms with Crippen LogP contribution in [-0.2, 0) is 9.59 Å². The van der Waals surface area contributed by atoms with Crippen LogP contribution in [0.25, 0.3) is 5.65 Å². The van der Waals surface area contributed by atoms with Gasteiger partial charge in [-0.1, -0.05) is 6.07 Å². The minimum absolute atomic E-state index is 0.0000535. The van der Waals surface area contributed by atoms with Gasteiger partial charge in [0.1, 0.15) is 5.82 Å². The fraction of sp³-hybridized carbons (Fsp3) is 0.125. The normalized spacial score (nSPS) is 10.5. The van der Waals surface area contributed by atoms with Gasteiger partial charge in [0, 0.05) is 24.7 Å². The maximum atomic E-state index is 12.8. The molecule has 122 valence electrons. The molecule has 0 spiro atoms. The van der Waals surface area contributed by atoms with Crippen molar-refractivity contribution in [3.63, 3.8) is 0 Å². The fourth-order valence-corrected chi connectivity index (χ4v) is 2.10. The van der Waals surface area contributed by atoms with Crippen molar-refractivity contribution in [3.05, 3.63) is 54.5 Å². The molecule has 0 unspecified atom stereocenters. The Kier molecular flexibility index (Phi) is 4.46. The summed E-state index contributed by atoms with van der Waals surface area (Å²) in [6.07, 6.45) is 1.72. The lowest BCUT2D eigenvalue weighted by Crippen LogP contribution is -2.18. The molecule has 0 atom stereocenters. The summed E-state index contributed by atoms with van der Waals surface area (Å²) in [5.41, 5.74) is 1.09. The zero-order valence-electron chi connectivity index (χ0n) is 12.6. The number of fused-ring (bicyclic) bond motifs is 1. The van der Waals surface area contributed by atoms with E-state index in [4.69, 9.17) is 0 Å². The molecular formula is C16H14FN5O2. The van der Waals surface area contributed by atoms with Crippen molar-refractivity contribution in [1.29, 1.82) is 0 Å². The zero-order chi connectivity index (χ0) is 16.9. The molecule has 0 saturated carbocycles. The molecule has 0 radical (unpaired) electrons. The summed E-state index contributed by atoms with van der Waals surface area (Å²) in [4.78, 5) is 23.7. The van der Waals surface area contributed by atoms with Gasteiger partial charge < -0.3 is 5.32 Å². The van der Waals surface area contributed by atoms with E-state index < -0.39 is 0 Å². The molecule has 0 aliphatic carbocycles. The first-order chi connectivity index (χ1) is 11.6. The predicted molar refractivity (Wildman–Crippen MR) is 85.9 cm³/mol. The average Bonchev–Trinajstić information content (AvgIpc) is 2.98. The Morgan fingerprint density at radius 2 is 1.67 bits per heavy atom. The number of anilines is 2. The Hall–Kier alpha value is -3.29. The summed E-state index contributed by atoms with van der Waals surface area (Å²) >= 11 is 0. The summed E-state index contributed by atoms with van der Waals surface area (Å²) in [5, 5.41) is 13.0. The Bertz CT molecular complexity index is 876. The molecule has 7 nitrogen and oxygen atoms in total. The van der Waals surface area contributed by atoms with Gasteiger partial charge in [-0.3, -0.25) is 19.3 Å². The minimum atomic E-state index is -0.382. The number of nitrogens with zero attached hydrogens (tertiary/aromatic N) is 3. The highest BCUT2D eigenvalue weighted by molar-refractivity contribution is 5.96. The topological polar surface area (TPSA) is 88.4 Å². The average molecular weight is 327 g/mol. The van der Waals surface area contributed by atoms with E-state index in [0.717, 1.165) is 0 Å². The molecule has 0 aliphatic rings. The SMILES string of the molecule is O=C(CCC(=O)Nc1nnc2ccccn12)Nc1ccc(F)cc1. The fourth-order valence-electron chi connectivity index (χ4n) is 2.10. The number of rotatable bonds is 5. The van der Waals surface area contributed by atoms with E-state index in [0.29, 0.717) is 17.3 Å². The highest BCUT2D eigenvalue weighted by atomic mass is 19.1. The molecule has 2 N–H and O–H groups in total. The molecule has 3 rings (SSSR count). The highest BCUT2D eigenvalue weighted by Crippen LogP contribution is 2.10. The first-order valence-corrected chi connectivity index (χ1v) is 7.27. The van der Waals surface area contributed by atoms with Gasteiger partial charge in [0.2, 0.25) is 17.8 Å². The van der Waals surface area contributed by atoms with Crippen molar-refractivity contribution < 1.29 is 14.0 Å². The van der Waals surface area contributed by atoms with Crippen molar-refractivity contribution in [3.8, 4) is 0 Å². The van der Waals surface area contributed by atoms with Gasteiger partial charge in [-0.25, -0.2) is 4.39 Å². The second-order valence-electron chi connectivity index (χ2n) is 5.06. The van der Waals surface area contributed by atoms with Crippen LogP contribution in [0.1, 0.15) is 12.8 Å². The number of benzene rings is 1. The van der Waals surface area contributed by atoms with Crippen molar-refractivity contribution in [2.45, 2.75) is 12.8 Å². The van der Waals surface area contributed by atoms with E-state index in [2.05, 4.69) is 20.8 Å². The quantitative estimate of drug-likeness (QED) is 0.752. The van der Waals surface area contributed by atoms with E-state index >= 15 is 0 Å². The molecule has 0 bridgehead atoms. The van der Waals surface area contributed by atoms with Gasteiger partial charge >= 0.3 is 0 Å². The number of halogens is 1. The van der Waals surface area contributed by atoms with Crippen LogP contribution in [0.4, 0.5) is 16.0 Å². The van der Waals surface area contributed by atoms with E-state index in [1.54, 1.807) is 22.7 Å². The van der Waals surface area contributed by atoms with Crippen LogP contribution in [0.5, 0.6) is 0 Å². The third kappa shape index (κ3) is 3.72. The molecule has 2 amide bonds. The Balaban J connectivity index is 1.52. The van der Waals surface area contributed by atoms with Crippen LogP contribution in [0.2, 0.25) is 0 Å². The van der Waals surface area contributed by atoms with Crippen molar-refractivity contribution >= 4 is 29.1 Å². The number of amides is 2. The molecule has 8 heteroatoms. The van der Waals surface area contributed by atoms with Gasteiger partial charge in [-0.2, -0.15) is 0 Å². The molecule has 2 aromatic heterocycles. The summed E-state index contributed by atoms with van der Waals surface area (Å²) in [6, 6.07) is 10.8. The minimum Gasteiger partial charge on any atom is -0.326 e. The van der Waals surface area contributed by atoms with Crippen LogP contribution < -0.4 is 10.6 Å². The van der Waals surface area contributed by atoms with Crippen LogP contribution in [-0.4, -0.2) is 26.4 Å². The molecule has 0 fully saturated rings. The first kappa shape index (κ1) is 15.6. The van der Waals surface area contributed by atoms with E-state index in [1.807, 2.05) is 6.07 Å². The molecule has 1 aromatic carbocycles. The number of carbonyl (C=O) groups excluding carboxylic acids is 2. The molecule has 24 heavy (non-hydrogen) atoms. The predicted octanol–water partition coefficient (Wildman–Crippen LogP) is 2.23. The third-order valence-corrected chi connectivity index (χ3v) is 3.27. The van der Waals surface area contributed by atoms with Crippen LogP contribution in [0, 0.1) is 5.82 Å². The van der Waals surface area contributed by atoms with E-state index in [9.17, 15) is 14.0 Å². The monoisotopic (exact) mass is 327 g/mol. The Morgan fingerprint density at radius 1 is 0.958 bits per heavy atom. The van der Waals surface area contributed by atoms with Gasteiger partial charge in [0.25, 0.3) is 0 Å². The number of carbonyl (C=O) groups is 2. The van der Waals surface area contributed by atoms with Gasteiger partial charge in [-0.05, 0) is 36.4 Å². The Morgan fingerprint density at radius 3 is 2.42 bits per heavy atom. The lowest BCUT2D eigenvalue weighted by atomic mass is 10.2. The summed E-state index contributed by atoms with van der Waals surface area (Å²) in [6.45, 7) is 0.